The summed E-state index contributed by atoms with van der Waals surface area (Å²) in [6.45, 7) is 6.47. The second-order valence-electron chi connectivity index (χ2n) is 6.70. The summed E-state index contributed by atoms with van der Waals surface area (Å²) in [7, 11) is 2.10. The first-order valence-electron chi connectivity index (χ1n) is 8.57. The van der Waals surface area contributed by atoms with E-state index in [1.807, 2.05) is 0 Å². The van der Waals surface area contributed by atoms with Gasteiger partial charge in [-0.15, -0.1) is 0 Å². The number of ether oxygens (including phenoxy) is 1. The van der Waals surface area contributed by atoms with Crippen molar-refractivity contribution in [2.75, 3.05) is 7.05 Å². The molecule has 1 fully saturated rings. The summed E-state index contributed by atoms with van der Waals surface area (Å²) in [6, 6.07) is 9.16. The van der Waals surface area contributed by atoms with Gasteiger partial charge in [0, 0.05) is 6.04 Å². The van der Waals surface area contributed by atoms with Gasteiger partial charge < -0.3 is 10.1 Å². The molecule has 0 aromatic heterocycles. The van der Waals surface area contributed by atoms with E-state index < -0.39 is 0 Å². The van der Waals surface area contributed by atoms with Crippen molar-refractivity contribution in [2.24, 2.45) is 11.8 Å². The molecule has 1 aromatic rings. The molecule has 118 valence electrons. The van der Waals surface area contributed by atoms with Gasteiger partial charge in [0.2, 0.25) is 0 Å². The minimum atomic E-state index is 0.236. The number of rotatable bonds is 6. The first-order chi connectivity index (χ1) is 10.1. The van der Waals surface area contributed by atoms with Crippen molar-refractivity contribution in [1.29, 1.82) is 0 Å². The van der Waals surface area contributed by atoms with Gasteiger partial charge in [-0.3, -0.25) is 0 Å². The van der Waals surface area contributed by atoms with Crippen molar-refractivity contribution < 1.29 is 4.74 Å². The highest BCUT2D eigenvalue weighted by atomic mass is 16.5. The molecule has 3 atom stereocenters. The molecule has 1 aliphatic carbocycles. The molecule has 0 aliphatic heterocycles. The first-order valence-corrected chi connectivity index (χ1v) is 8.57. The minimum absolute atomic E-state index is 0.236. The topological polar surface area (TPSA) is 21.3 Å². The maximum Gasteiger partial charge on any atom is 0.119 e. The summed E-state index contributed by atoms with van der Waals surface area (Å²) in [6.07, 6.45) is 7.09. The minimum Gasteiger partial charge on any atom is -0.491 e. The molecule has 3 unspecified atom stereocenters. The second-order valence-corrected chi connectivity index (χ2v) is 6.70. The van der Waals surface area contributed by atoms with Gasteiger partial charge in [-0.1, -0.05) is 38.3 Å². The lowest BCUT2D eigenvalue weighted by molar-refractivity contribution is 0.214. The Morgan fingerprint density at radius 1 is 1.19 bits per heavy atom. The number of benzene rings is 1. The molecule has 1 aliphatic rings. The Morgan fingerprint density at radius 2 is 1.90 bits per heavy atom. The lowest BCUT2D eigenvalue weighted by Gasteiger charge is -2.34. The summed E-state index contributed by atoms with van der Waals surface area (Å²) in [5.74, 6) is 2.66. The van der Waals surface area contributed by atoms with Gasteiger partial charge in [0.25, 0.3) is 0 Å². The molecule has 2 heteroatoms. The molecule has 1 N–H and O–H groups in total. The van der Waals surface area contributed by atoms with Crippen molar-refractivity contribution in [1.82, 2.24) is 5.32 Å². The number of nitrogens with one attached hydrogen (secondary N) is 1. The van der Waals surface area contributed by atoms with Gasteiger partial charge in [0.05, 0.1) is 6.10 Å². The fraction of sp³-hybridized carbons (Fsp3) is 0.684. The first kappa shape index (κ1) is 16.4. The van der Waals surface area contributed by atoms with Crippen LogP contribution in [0.3, 0.4) is 0 Å². The van der Waals surface area contributed by atoms with E-state index in [9.17, 15) is 0 Å². The highest BCUT2D eigenvalue weighted by Gasteiger charge is 2.27. The lowest BCUT2D eigenvalue weighted by atomic mass is 9.75. The zero-order valence-electron chi connectivity index (χ0n) is 14.1. The van der Waals surface area contributed by atoms with Gasteiger partial charge in [0.1, 0.15) is 5.75 Å². The van der Waals surface area contributed by atoms with Crippen LogP contribution in [0.2, 0.25) is 0 Å². The lowest BCUT2D eigenvalue weighted by Crippen LogP contribution is -2.29. The molecule has 0 spiro atoms. The zero-order valence-corrected chi connectivity index (χ0v) is 14.1. The van der Waals surface area contributed by atoms with Crippen LogP contribution in [0.5, 0.6) is 5.75 Å². The predicted molar refractivity (Wildman–Crippen MR) is 89.7 cm³/mol. The van der Waals surface area contributed by atoms with E-state index in [2.05, 4.69) is 57.4 Å². The van der Waals surface area contributed by atoms with Crippen LogP contribution in [0.15, 0.2) is 24.3 Å². The average molecular weight is 289 g/mol. The summed E-state index contributed by atoms with van der Waals surface area (Å²) in [5.41, 5.74) is 1.40. The fourth-order valence-electron chi connectivity index (χ4n) is 3.71. The molecule has 21 heavy (non-hydrogen) atoms. The van der Waals surface area contributed by atoms with Crippen molar-refractivity contribution in [3.63, 3.8) is 0 Å². The monoisotopic (exact) mass is 289 g/mol. The Morgan fingerprint density at radius 3 is 2.48 bits per heavy atom. The molecule has 2 nitrogen and oxygen atoms in total. The Hall–Kier alpha value is -1.02. The van der Waals surface area contributed by atoms with Crippen LogP contribution in [0.4, 0.5) is 0 Å². The maximum atomic E-state index is 5.74. The van der Waals surface area contributed by atoms with E-state index in [-0.39, 0.29) is 6.10 Å². The van der Waals surface area contributed by atoms with Crippen molar-refractivity contribution in [2.45, 2.75) is 65.0 Å². The summed E-state index contributed by atoms with van der Waals surface area (Å²) in [4.78, 5) is 0. The van der Waals surface area contributed by atoms with Crippen LogP contribution in [0.25, 0.3) is 0 Å². The molecule has 0 bridgehead atoms. The molecular formula is C19H31NO. The fourth-order valence-corrected chi connectivity index (χ4v) is 3.71. The van der Waals surface area contributed by atoms with Crippen LogP contribution < -0.4 is 10.1 Å². The molecular weight excluding hydrogens is 258 g/mol. The Balaban J connectivity index is 2.06. The third-order valence-corrected chi connectivity index (χ3v) is 4.79. The smallest absolute Gasteiger partial charge is 0.119 e. The SMILES string of the molecule is CCC1CCCC(C(NC)c2ccc(OC(C)C)cc2)C1. The summed E-state index contributed by atoms with van der Waals surface area (Å²) >= 11 is 0. The second kappa shape index (κ2) is 7.84. The molecule has 1 saturated carbocycles. The molecule has 2 rings (SSSR count). The van der Waals surface area contributed by atoms with Crippen LogP contribution in [-0.4, -0.2) is 13.2 Å². The largest absolute Gasteiger partial charge is 0.491 e. The standard InChI is InChI=1S/C19H31NO/c1-5-15-7-6-8-17(13-15)19(20-4)16-9-11-18(12-10-16)21-14(2)3/h9-12,14-15,17,19-20H,5-8,13H2,1-4H3. The molecule has 0 radical (unpaired) electrons. The van der Waals surface area contributed by atoms with E-state index in [1.165, 1.54) is 37.7 Å². The highest BCUT2D eigenvalue weighted by Crippen LogP contribution is 2.38. The highest BCUT2D eigenvalue weighted by molar-refractivity contribution is 5.29. The molecule has 1 aromatic carbocycles. The average Bonchev–Trinajstić information content (AvgIpc) is 2.49. The van der Waals surface area contributed by atoms with Crippen LogP contribution in [0, 0.1) is 11.8 Å². The van der Waals surface area contributed by atoms with Gasteiger partial charge in [-0.25, -0.2) is 0 Å². The summed E-state index contributed by atoms with van der Waals surface area (Å²) < 4.78 is 5.74. The van der Waals surface area contributed by atoms with Gasteiger partial charge in [-0.2, -0.15) is 0 Å². The quantitative estimate of drug-likeness (QED) is 0.800. The zero-order chi connectivity index (χ0) is 15.2. The maximum absolute atomic E-state index is 5.74. The summed E-state index contributed by atoms with van der Waals surface area (Å²) in [5, 5.41) is 3.55. The van der Waals surface area contributed by atoms with Crippen LogP contribution >= 0.6 is 0 Å². The van der Waals surface area contributed by atoms with Crippen molar-refractivity contribution in [3.8, 4) is 5.75 Å². The van der Waals surface area contributed by atoms with Crippen LogP contribution in [0.1, 0.15) is 64.5 Å². The predicted octanol–water partition coefficient (Wildman–Crippen LogP) is 4.95. The van der Waals surface area contributed by atoms with E-state index in [4.69, 9.17) is 4.74 Å². The van der Waals surface area contributed by atoms with Gasteiger partial charge >= 0.3 is 0 Å². The van der Waals surface area contributed by atoms with Gasteiger partial charge in [0.15, 0.2) is 0 Å². The van der Waals surface area contributed by atoms with E-state index in [0.717, 1.165) is 17.6 Å². The third-order valence-electron chi connectivity index (χ3n) is 4.79. The van der Waals surface area contributed by atoms with E-state index >= 15 is 0 Å². The third kappa shape index (κ3) is 4.47. The molecule has 0 saturated heterocycles. The van der Waals surface area contributed by atoms with Crippen molar-refractivity contribution >= 4 is 0 Å². The Bertz CT molecular complexity index is 412. The van der Waals surface area contributed by atoms with Gasteiger partial charge in [-0.05, 0) is 63.3 Å². The van der Waals surface area contributed by atoms with E-state index in [0.29, 0.717) is 6.04 Å². The Kier molecular flexibility index (Phi) is 6.10. The van der Waals surface area contributed by atoms with E-state index in [1.54, 1.807) is 0 Å². The number of hydrogen-bond donors (Lipinski definition) is 1. The molecule has 0 heterocycles. The van der Waals surface area contributed by atoms with Crippen molar-refractivity contribution in [3.05, 3.63) is 29.8 Å². The molecule has 0 amide bonds. The van der Waals surface area contributed by atoms with Crippen LogP contribution in [-0.2, 0) is 0 Å². The number of hydrogen-bond acceptors (Lipinski definition) is 2. The Labute approximate surface area is 130 Å². The normalized spacial score (nSPS) is 24.0.